The van der Waals surface area contributed by atoms with E-state index in [1.807, 2.05) is 19.9 Å². The largest absolute Gasteiger partial charge is 0.371 e. The lowest BCUT2D eigenvalue weighted by Gasteiger charge is -2.15. The van der Waals surface area contributed by atoms with Crippen LogP contribution >= 0.6 is 0 Å². The molecule has 0 bridgehead atoms. The Labute approximate surface area is 108 Å². The molecule has 0 saturated heterocycles. The van der Waals surface area contributed by atoms with E-state index in [2.05, 4.69) is 15.4 Å². The zero-order valence-corrected chi connectivity index (χ0v) is 11.1. The first kappa shape index (κ1) is 13.2. The molecule has 1 fully saturated rings. The minimum absolute atomic E-state index is 0.0940. The van der Waals surface area contributed by atoms with Gasteiger partial charge in [0.25, 0.3) is 0 Å². The van der Waals surface area contributed by atoms with Crippen LogP contribution in [0.2, 0.25) is 0 Å². The van der Waals surface area contributed by atoms with Crippen molar-refractivity contribution in [2.24, 2.45) is 5.84 Å². The molecule has 0 aromatic carbocycles. The fourth-order valence-electron chi connectivity index (χ4n) is 2.50. The second-order valence-electron chi connectivity index (χ2n) is 4.76. The second-order valence-corrected chi connectivity index (χ2v) is 4.76. The van der Waals surface area contributed by atoms with Gasteiger partial charge in [0, 0.05) is 24.3 Å². The van der Waals surface area contributed by atoms with E-state index in [1.165, 1.54) is 25.7 Å². The number of nitrogens with zero attached hydrogens (tertiary/aromatic N) is 2. The van der Waals surface area contributed by atoms with Crippen LogP contribution in [0.3, 0.4) is 0 Å². The number of nitrogen functional groups attached to an aromatic ring is 1. The summed E-state index contributed by atoms with van der Waals surface area (Å²) in [7, 11) is 0. The highest BCUT2D eigenvalue weighted by molar-refractivity contribution is 5.36. The highest BCUT2D eigenvalue weighted by Crippen LogP contribution is 2.34. The smallest absolute Gasteiger partial charge is 0.159 e. The number of hydrogen-bond acceptors (Lipinski definition) is 5. The summed E-state index contributed by atoms with van der Waals surface area (Å²) in [4.78, 5) is 9.02. The number of anilines is 1. The van der Waals surface area contributed by atoms with Gasteiger partial charge in [-0.05, 0) is 26.7 Å². The fraction of sp³-hybridized carbons (Fsp3) is 0.692. The third kappa shape index (κ3) is 2.97. The van der Waals surface area contributed by atoms with E-state index in [0.717, 1.165) is 5.69 Å². The summed E-state index contributed by atoms with van der Waals surface area (Å²) >= 11 is 0. The average molecular weight is 250 g/mol. The molecule has 1 aromatic heterocycles. The number of hydrogen-bond donors (Lipinski definition) is 2. The molecule has 18 heavy (non-hydrogen) atoms. The molecule has 1 unspecified atom stereocenters. The Hall–Kier alpha value is -1.20. The molecule has 1 heterocycles. The molecule has 3 N–H and O–H groups in total. The SMILES string of the molecule is CCOC(C)c1nc(NN)cc(C2CCCC2)n1. The minimum Gasteiger partial charge on any atom is -0.371 e. The molecule has 1 aliphatic carbocycles. The summed E-state index contributed by atoms with van der Waals surface area (Å²) in [6.07, 6.45) is 4.91. The van der Waals surface area contributed by atoms with Gasteiger partial charge >= 0.3 is 0 Å². The van der Waals surface area contributed by atoms with Gasteiger partial charge in [0.1, 0.15) is 11.9 Å². The molecular formula is C13H22N4O. The van der Waals surface area contributed by atoms with Gasteiger partial charge in [0.05, 0.1) is 0 Å². The lowest BCUT2D eigenvalue weighted by atomic mass is 10.0. The van der Waals surface area contributed by atoms with Crippen LogP contribution in [0.5, 0.6) is 0 Å². The van der Waals surface area contributed by atoms with Crippen LogP contribution in [0, 0.1) is 0 Å². The van der Waals surface area contributed by atoms with Gasteiger partial charge in [0.15, 0.2) is 5.82 Å². The summed E-state index contributed by atoms with van der Waals surface area (Å²) in [5.41, 5.74) is 3.72. The molecule has 0 aliphatic heterocycles. The van der Waals surface area contributed by atoms with Crippen molar-refractivity contribution >= 4 is 5.82 Å². The standard InChI is InChI=1S/C13H22N4O/c1-3-18-9(2)13-15-11(8-12(16-13)17-14)10-6-4-5-7-10/h8-10H,3-7,14H2,1-2H3,(H,15,16,17). The third-order valence-electron chi connectivity index (χ3n) is 3.46. The lowest BCUT2D eigenvalue weighted by Crippen LogP contribution is -2.14. The molecule has 5 heteroatoms. The van der Waals surface area contributed by atoms with Crippen LogP contribution < -0.4 is 11.3 Å². The first-order valence-electron chi connectivity index (χ1n) is 6.71. The van der Waals surface area contributed by atoms with Crippen molar-refractivity contribution < 1.29 is 4.74 Å². The van der Waals surface area contributed by atoms with Crippen molar-refractivity contribution in [1.82, 2.24) is 9.97 Å². The van der Waals surface area contributed by atoms with Crippen molar-refractivity contribution in [1.29, 1.82) is 0 Å². The summed E-state index contributed by atoms with van der Waals surface area (Å²) in [6, 6.07) is 1.96. The first-order chi connectivity index (χ1) is 8.74. The maximum Gasteiger partial charge on any atom is 0.159 e. The normalized spacial score (nSPS) is 17.9. The number of nitrogens with one attached hydrogen (secondary N) is 1. The Morgan fingerprint density at radius 1 is 1.44 bits per heavy atom. The van der Waals surface area contributed by atoms with Gasteiger partial charge in [0.2, 0.25) is 0 Å². The average Bonchev–Trinajstić information content (AvgIpc) is 2.92. The molecule has 2 rings (SSSR count). The number of ether oxygens (including phenoxy) is 1. The van der Waals surface area contributed by atoms with E-state index in [-0.39, 0.29) is 6.10 Å². The highest BCUT2D eigenvalue weighted by atomic mass is 16.5. The maximum atomic E-state index is 5.55. The molecule has 1 saturated carbocycles. The predicted octanol–water partition coefficient (Wildman–Crippen LogP) is 2.52. The molecule has 1 aliphatic rings. The number of rotatable bonds is 5. The molecule has 1 aromatic rings. The molecule has 0 amide bonds. The van der Waals surface area contributed by atoms with E-state index in [4.69, 9.17) is 10.6 Å². The van der Waals surface area contributed by atoms with E-state index >= 15 is 0 Å². The first-order valence-corrected chi connectivity index (χ1v) is 6.71. The monoisotopic (exact) mass is 250 g/mol. The number of aromatic nitrogens is 2. The van der Waals surface area contributed by atoms with Gasteiger partial charge in [-0.15, -0.1) is 0 Å². The summed E-state index contributed by atoms with van der Waals surface area (Å²) in [6.45, 7) is 4.60. The van der Waals surface area contributed by atoms with Crippen molar-refractivity contribution in [3.8, 4) is 0 Å². The van der Waals surface area contributed by atoms with Gasteiger partial charge in [-0.1, -0.05) is 12.8 Å². The van der Waals surface area contributed by atoms with E-state index < -0.39 is 0 Å². The van der Waals surface area contributed by atoms with Crippen molar-refractivity contribution in [2.45, 2.75) is 51.6 Å². The van der Waals surface area contributed by atoms with Crippen LogP contribution in [-0.4, -0.2) is 16.6 Å². The molecule has 100 valence electrons. The van der Waals surface area contributed by atoms with Crippen molar-refractivity contribution in [2.75, 3.05) is 12.0 Å². The van der Waals surface area contributed by atoms with Crippen LogP contribution in [0.25, 0.3) is 0 Å². The quantitative estimate of drug-likeness (QED) is 0.620. The summed E-state index contributed by atoms with van der Waals surface area (Å²) < 4.78 is 5.55. The van der Waals surface area contributed by atoms with Crippen LogP contribution in [0.1, 0.15) is 63.1 Å². The molecular weight excluding hydrogens is 228 g/mol. The number of nitrogens with two attached hydrogens (primary N) is 1. The molecule has 5 nitrogen and oxygen atoms in total. The Morgan fingerprint density at radius 2 is 2.17 bits per heavy atom. The molecule has 1 atom stereocenters. The van der Waals surface area contributed by atoms with Gasteiger partial charge in [-0.3, -0.25) is 0 Å². The Kier molecular flexibility index (Phi) is 4.49. The van der Waals surface area contributed by atoms with Crippen molar-refractivity contribution in [3.63, 3.8) is 0 Å². The zero-order chi connectivity index (χ0) is 13.0. The van der Waals surface area contributed by atoms with E-state index in [9.17, 15) is 0 Å². The Bertz CT molecular complexity index is 391. The highest BCUT2D eigenvalue weighted by Gasteiger charge is 2.21. The van der Waals surface area contributed by atoms with Crippen LogP contribution in [0.15, 0.2) is 6.07 Å². The minimum atomic E-state index is -0.0940. The van der Waals surface area contributed by atoms with E-state index in [1.54, 1.807) is 0 Å². The lowest BCUT2D eigenvalue weighted by molar-refractivity contribution is 0.0699. The van der Waals surface area contributed by atoms with Gasteiger partial charge in [-0.2, -0.15) is 0 Å². The maximum absolute atomic E-state index is 5.55. The van der Waals surface area contributed by atoms with E-state index in [0.29, 0.717) is 24.2 Å². The topological polar surface area (TPSA) is 73.1 Å². The Morgan fingerprint density at radius 3 is 2.78 bits per heavy atom. The predicted molar refractivity (Wildman–Crippen MR) is 71.1 cm³/mol. The number of hydrazine groups is 1. The fourth-order valence-corrected chi connectivity index (χ4v) is 2.50. The van der Waals surface area contributed by atoms with Gasteiger partial charge < -0.3 is 10.2 Å². The summed E-state index contributed by atoms with van der Waals surface area (Å²) in [5, 5.41) is 0. The van der Waals surface area contributed by atoms with Gasteiger partial charge in [-0.25, -0.2) is 15.8 Å². The third-order valence-corrected chi connectivity index (χ3v) is 3.46. The zero-order valence-electron chi connectivity index (χ0n) is 11.1. The van der Waals surface area contributed by atoms with Crippen LogP contribution in [-0.2, 0) is 4.74 Å². The second kappa shape index (κ2) is 6.11. The van der Waals surface area contributed by atoms with Crippen LogP contribution in [0.4, 0.5) is 5.82 Å². The van der Waals surface area contributed by atoms with Crippen molar-refractivity contribution in [3.05, 3.63) is 17.6 Å². The molecule has 0 spiro atoms. The Balaban J connectivity index is 2.26. The molecule has 0 radical (unpaired) electrons. The summed E-state index contributed by atoms with van der Waals surface area (Å²) in [5.74, 6) is 7.42.